The van der Waals surface area contributed by atoms with Gasteiger partial charge in [-0.15, -0.1) is 11.8 Å². The van der Waals surface area contributed by atoms with Gasteiger partial charge in [-0.2, -0.15) is 0 Å². The van der Waals surface area contributed by atoms with E-state index in [1.165, 1.54) is 17.8 Å². The highest BCUT2D eigenvalue weighted by molar-refractivity contribution is 8.00. The number of primary amides is 1. The number of carbonyl (C=O) groups excluding carboxylic acids is 2. The fourth-order valence-electron chi connectivity index (χ4n) is 3.26. The predicted molar refractivity (Wildman–Crippen MR) is 115 cm³/mol. The van der Waals surface area contributed by atoms with Gasteiger partial charge in [0.05, 0.1) is 11.3 Å². The van der Waals surface area contributed by atoms with Gasteiger partial charge in [0.25, 0.3) is 0 Å². The second-order valence-corrected chi connectivity index (χ2v) is 7.59. The Morgan fingerprint density at radius 2 is 1.77 bits per heavy atom. The SMILES string of the molecule is NC(=O)CSc1ccccc1C(=O)OCc1cc(=O)oc2ccc3ccccc3c12. The van der Waals surface area contributed by atoms with Crippen LogP contribution in [0, 0.1) is 0 Å². The highest BCUT2D eigenvalue weighted by Gasteiger charge is 2.16. The fourth-order valence-corrected chi connectivity index (χ4v) is 4.04. The van der Waals surface area contributed by atoms with Crippen LogP contribution in [0.25, 0.3) is 21.7 Å². The van der Waals surface area contributed by atoms with Gasteiger partial charge in [-0.05, 0) is 29.0 Å². The lowest BCUT2D eigenvalue weighted by Crippen LogP contribution is -2.14. The summed E-state index contributed by atoms with van der Waals surface area (Å²) in [7, 11) is 0. The second kappa shape index (κ2) is 8.42. The molecule has 1 amide bonds. The summed E-state index contributed by atoms with van der Waals surface area (Å²) in [5, 5.41) is 2.62. The molecule has 1 heterocycles. The van der Waals surface area contributed by atoms with Crippen molar-refractivity contribution in [2.75, 3.05) is 5.75 Å². The smallest absolute Gasteiger partial charge is 0.339 e. The zero-order chi connectivity index (χ0) is 21.1. The maximum Gasteiger partial charge on any atom is 0.339 e. The van der Waals surface area contributed by atoms with Crippen LogP contribution in [0.1, 0.15) is 15.9 Å². The van der Waals surface area contributed by atoms with Gasteiger partial charge in [-0.3, -0.25) is 4.79 Å². The van der Waals surface area contributed by atoms with Gasteiger partial charge in [0, 0.05) is 21.9 Å². The molecule has 0 spiro atoms. The maximum atomic E-state index is 12.7. The Morgan fingerprint density at radius 3 is 2.60 bits per heavy atom. The fraction of sp³-hybridized carbons (Fsp3) is 0.0870. The van der Waals surface area contributed by atoms with Crippen molar-refractivity contribution in [1.29, 1.82) is 0 Å². The Labute approximate surface area is 175 Å². The predicted octanol–water partition coefficient (Wildman–Crippen LogP) is 3.88. The van der Waals surface area contributed by atoms with Crippen LogP contribution >= 0.6 is 11.8 Å². The molecule has 0 fully saturated rings. The molecule has 0 unspecified atom stereocenters. The number of esters is 1. The lowest BCUT2D eigenvalue weighted by atomic mass is 10.0. The van der Waals surface area contributed by atoms with E-state index in [1.807, 2.05) is 30.3 Å². The minimum atomic E-state index is -0.552. The number of amides is 1. The molecule has 0 radical (unpaired) electrons. The molecule has 3 aromatic carbocycles. The van der Waals surface area contributed by atoms with Gasteiger partial charge < -0.3 is 14.9 Å². The summed E-state index contributed by atoms with van der Waals surface area (Å²) in [6.07, 6.45) is 0. The van der Waals surface area contributed by atoms with E-state index in [1.54, 1.807) is 30.3 Å². The third kappa shape index (κ3) is 4.06. The number of carbonyl (C=O) groups is 2. The standard InChI is InChI=1S/C23H17NO5S/c24-20(25)13-30-19-8-4-3-7-17(19)23(27)28-12-15-11-21(26)29-18-10-9-14-5-1-2-6-16(14)22(15)18/h1-11H,12-13H2,(H2,24,25). The number of thioether (sulfide) groups is 1. The highest BCUT2D eigenvalue weighted by atomic mass is 32.2. The van der Waals surface area contributed by atoms with E-state index in [2.05, 4.69) is 0 Å². The second-order valence-electron chi connectivity index (χ2n) is 6.58. The van der Waals surface area contributed by atoms with Gasteiger partial charge in [0.2, 0.25) is 5.91 Å². The average Bonchev–Trinajstić information content (AvgIpc) is 2.75. The lowest BCUT2D eigenvalue weighted by Gasteiger charge is -2.11. The van der Waals surface area contributed by atoms with Crippen LogP contribution in [-0.4, -0.2) is 17.6 Å². The molecule has 0 bridgehead atoms. The number of benzene rings is 3. The van der Waals surface area contributed by atoms with Crippen LogP contribution < -0.4 is 11.4 Å². The van der Waals surface area contributed by atoms with Crippen LogP contribution in [0.3, 0.4) is 0 Å². The first-order chi connectivity index (χ1) is 14.5. The van der Waals surface area contributed by atoms with E-state index < -0.39 is 17.5 Å². The van der Waals surface area contributed by atoms with Crippen LogP contribution in [0.2, 0.25) is 0 Å². The Balaban J connectivity index is 1.66. The third-order valence-corrected chi connectivity index (χ3v) is 5.65. The monoisotopic (exact) mass is 419 g/mol. The van der Waals surface area contributed by atoms with Crippen molar-refractivity contribution in [3.05, 3.63) is 88.3 Å². The quantitative estimate of drug-likeness (QED) is 0.220. The number of rotatable bonds is 6. The molecule has 7 heteroatoms. The summed E-state index contributed by atoms with van der Waals surface area (Å²) >= 11 is 1.17. The van der Waals surface area contributed by atoms with Crippen LogP contribution in [0.15, 0.2) is 80.8 Å². The summed E-state index contributed by atoms with van der Waals surface area (Å²) in [5.41, 5.74) is 6.02. The molecule has 0 aliphatic rings. The Hall–Kier alpha value is -3.58. The topological polar surface area (TPSA) is 99.6 Å². The zero-order valence-corrected chi connectivity index (χ0v) is 16.6. The Bertz CT molecular complexity index is 1330. The third-order valence-electron chi connectivity index (χ3n) is 4.55. The van der Waals surface area contributed by atoms with Gasteiger partial charge >= 0.3 is 11.6 Å². The highest BCUT2D eigenvalue weighted by Crippen LogP contribution is 2.28. The molecule has 4 rings (SSSR count). The number of fused-ring (bicyclic) bond motifs is 3. The molecule has 4 aromatic rings. The van der Waals surface area contributed by atoms with Crippen LogP contribution in [-0.2, 0) is 16.1 Å². The summed E-state index contributed by atoms with van der Waals surface area (Å²) in [5.74, 6) is -0.970. The maximum absolute atomic E-state index is 12.7. The van der Waals surface area contributed by atoms with E-state index in [-0.39, 0.29) is 12.4 Å². The first-order valence-electron chi connectivity index (χ1n) is 9.14. The van der Waals surface area contributed by atoms with Crippen molar-refractivity contribution in [2.45, 2.75) is 11.5 Å². The van der Waals surface area contributed by atoms with Crippen LogP contribution in [0.5, 0.6) is 0 Å². The van der Waals surface area contributed by atoms with Crippen molar-refractivity contribution in [3.63, 3.8) is 0 Å². The van der Waals surface area contributed by atoms with Crippen molar-refractivity contribution in [1.82, 2.24) is 0 Å². The summed E-state index contributed by atoms with van der Waals surface area (Å²) in [6, 6.07) is 19.5. The molecule has 0 saturated carbocycles. The average molecular weight is 419 g/mol. The summed E-state index contributed by atoms with van der Waals surface area (Å²) in [4.78, 5) is 36.4. The van der Waals surface area contributed by atoms with Crippen molar-refractivity contribution < 1.29 is 18.7 Å². The zero-order valence-electron chi connectivity index (χ0n) is 15.8. The molecular formula is C23H17NO5S. The van der Waals surface area contributed by atoms with E-state index in [0.29, 0.717) is 21.6 Å². The van der Waals surface area contributed by atoms with E-state index >= 15 is 0 Å². The summed E-state index contributed by atoms with van der Waals surface area (Å²) in [6.45, 7) is -0.0935. The van der Waals surface area contributed by atoms with Crippen molar-refractivity contribution in [2.24, 2.45) is 5.73 Å². The van der Waals surface area contributed by atoms with Crippen molar-refractivity contribution >= 4 is 45.4 Å². The van der Waals surface area contributed by atoms with Gasteiger partial charge in [-0.25, -0.2) is 9.59 Å². The molecule has 0 aliphatic carbocycles. The normalized spacial score (nSPS) is 10.9. The summed E-state index contributed by atoms with van der Waals surface area (Å²) < 4.78 is 10.9. The van der Waals surface area contributed by atoms with Crippen molar-refractivity contribution in [3.8, 4) is 0 Å². The van der Waals surface area contributed by atoms with E-state index in [9.17, 15) is 14.4 Å². The molecule has 0 aliphatic heterocycles. The Kier molecular flexibility index (Phi) is 5.54. The minimum absolute atomic E-state index is 0.0562. The number of nitrogens with two attached hydrogens (primary N) is 1. The lowest BCUT2D eigenvalue weighted by molar-refractivity contribution is -0.115. The van der Waals surface area contributed by atoms with Gasteiger partial charge in [-0.1, -0.05) is 42.5 Å². The molecule has 30 heavy (non-hydrogen) atoms. The van der Waals surface area contributed by atoms with Gasteiger partial charge in [0.15, 0.2) is 0 Å². The molecule has 1 aromatic heterocycles. The first kappa shape index (κ1) is 19.7. The number of hydrogen-bond donors (Lipinski definition) is 1. The Morgan fingerprint density at radius 1 is 1.00 bits per heavy atom. The first-order valence-corrected chi connectivity index (χ1v) is 10.1. The van der Waals surface area contributed by atoms with Gasteiger partial charge in [0.1, 0.15) is 12.2 Å². The van der Waals surface area contributed by atoms with E-state index in [4.69, 9.17) is 14.9 Å². The number of hydrogen-bond acceptors (Lipinski definition) is 6. The molecule has 0 saturated heterocycles. The van der Waals surface area contributed by atoms with E-state index in [0.717, 1.165) is 16.2 Å². The largest absolute Gasteiger partial charge is 0.457 e. The number of ether oxygens (including phenoxy) is 1. The van der Waals surface area contributed by atoms with Crippen LogP contribution in [0.4, 0.5) is 0 Å². The molecule has 0 atom stereocenters. The molecule has 6 nitrogen and oxygen atoms in total. The minimum Gasteiger partial charge on any atom is -0.457 e. The molecular weight excluding hydrogens is 402 g/mol. The molecule has 150 valence electrons. The molecule has 2 N–H and O–H groups in total.